The molecule has 4 rings (SSSR count). The summed E-state index contributed by atoms with van der Waals surface area (Å²) in [6.45, 7) is 0.271. The van der Waals surface area contributed by atoms with Gasteiger partial charge in [0.1, 0.15) is 0 Å². The molecule has 2 aliphatic rings. The van der Waals surface area contributed by atoms with Gasteiger partial charge in [-0.1, -0.05) is 24.3 Å². The Bertz CT molecular complexity index is 771. The van der Waals surface area contributed by atoms with E-state index >= 15 is 0 Å². The number of hydrogen-bond donors (Lipinski definition) is 1. The molecule has 4 nitrogen and oxygen atoms in total. The third-order valence-electron chi connectivity index (χ3n) is 4.62. The fourth-order valence-electron chi connectivity index (χ4n) is 3.57. The van der Waals surface area contributed by atoms with Crippen LogP contribution in [0, 0.1) is 5.92 Å². The molecule has 2 aromatic carbocycles. The molecule has 0 saturated carbocycles. The van der Waals surface area contributed by atoms with Crippen molar-refractivity contribution in [1.82, 2.24) is 0 Å². The molecule has 1 saturated heterocycles. The molecular weight excluding hydrogens is 266 g/mol. The van der Waals surface area contributed by atoms with Crippen LogP contribution in [0.15, 0.2) is 30.3 Å². The summed E-state index contributed by atoms with van der Waals surface area (Å²) in [7, 11) is 0. The number of rotatable bonds is 2. The van der Waals surface area contributed by atoms with Crippen molar-refractivity contribution in [3.05, 3.63) is 41.5 Å². The van der Waals surface area contributed by atoms with Gasteiger partial charge >= 0.3 is 5.97 Å². The highest BCUT2D eigenvalue weighted by Crippen LogP contribution is 2.38. The van der Waals surface area contributed by atoms with Crippen molar-refractivity contribution < 1.29 is 14.7 Å². The molecule has 1 fully saturated rings. The second kappa shape index (κ2) is 4.32. The first-order chi connectivity index (χ1) is 10.1. The number of benzene rings is 2. The molecule has 1 N–H and O–H groups in total. The number of hydrogen-bond acceptors (Lipinski definition) is 2. The number of carboxylic acid groups (broad SMARTS) is 1. The summed E-state index contributed by atoms with van der Waals surface area (Å²) in [5.74, 6) is -1.58. The van der Waals surface area contributed by atoms with Crippen molar-refractivity contribution in [1.29, 1.82) is 0 Å². The van der Waals surface area contributed by atoms with Crippen LogP contribution in [-0.2, 0) is 22.4 Å². The Labute approximate surface area is 122 Å². The lowest BCUT2D eigenvalue weighted by Gasteiger charge is -2.19. The lowest BCUT2D eigenvalue weighted by Crippen LogP contribution is -2.26. The first kappa shape index (κ1) is 12.4. The Kier molecular flexibility index (Phi) is 2.55. The average Bonchev–Trinajstić information content (AvgIpc) is 3.05. The van der Waals surface area contributed by atoms with Gasteiger partial charge in [0.15, 0.2) is 0 Å². The second-order valence-corrected chi connectivity index (χ2v) is 5.83. The van der Waals surface area contributed by atoms with E-state index in [1.54, 1.807) is 4.90 Å². The number of anilines is 1. The Morgan fingerprint density at radius 3 is 2.62 bits per heavy atom. The van der Waals surface area contributed by atoms with Crippen LogP contribution in [0.25, 0.3) is 10.8 Å². The molecule has 21 heavy (non-hydrogen) atoms. The first-order valence-corrected chi connectivity index (χ1v) is 7.22. The maximum atomic E-state index is 12.2. The number of nitrogens with zero attached hydrogens (tertiary/aromatic N) is 1. The quantitative estimate of drug-likeness (QED) is 0.919. The monoisotopic (exact) mass is 281 g/mol. The predicted octanol–water partition coefficient (Wildman–Crippen LogP) is 2.38. The molecule has 0 spiro atoms. The van der Waals surface area contributed by atoms with Gasteiger partial charge in [-0.05, 0) is 35.4 Å². The molecule has 2 aromatic rings. The summed E-state index contributed by atoms with van der Waals surface area (Å²) in [6, 6.07) is 10.2. The lowest BCUT2D eigenvalue weighted by molar-refractivity contribution is -0.141. The zero-order chi connectivity index (χ0) is 14.6. The predicted molar refractivity (Wildman–Crippen MR) is 79.5 cm³/mol. The van der Waals surface area contributed by atoms with E-state index < -0.39 is 11.9 Å². The molecule has 106 valence electrons. The molecule has 0 aromatic heterocycles. The van der Waals surface area contributed by atoms with Crippen LogP contribution in [-0.4, -0.2) is 23.5 Å². The van der Waals surface area contributed by atoms with E-state index in [9.17, 15) is 9.59 Å². The van der Waals surface area contributed by atoms with Crippen LogP contribution in [0.4, 0.5) is 5.69 Å². The summed E-state index contributed by atoms with van der Waals surface area (Å²) < 4.78 is 0. The van der Waals surface area contributed by atoms with Crippen molar-refractivity contribution in [3.8, 4) is 0 Å². The van der Waals surface area contributed by atoms with Gasteiger partial charge in [-0.2, -0.15) is 0 Å². The fourth-order valence-corrected chi connectivity index (χ4v) is 3.57. The number of carbonyl (C=O) groups is 2. The largest absolute Gasteiger partial charge is 0.481 e. The van der Waals surface area contributed by atoms with Crippen molar-refractivity contribution in [3.63, 3.8) is 0 Å². The number of aliphatic carboxylic acids is 1. The first-order valence-electron chi connectivity index (χ1n) is 7.22. The van der Waals surface area contributed by atoms with Crippen molar-refractivity contribution in [2.75, 3.05) is 11.4 Å². The van der Waals surface area contributed by atoms with Gasteiger partial charge in [0.05, 0.1) is 11.6 Å². The van der Waals surface area contributed by atoms with Crippen molar-refractivity contribution >= 4 is 28.3 Å². The van der Waals surface area contributed by atoms with Crippen LogP contribution in [0.1, 0.15) is 17.5 Å². The highest BCUT2D eigenvalue weighted by atomic mass is 16.4. The van der Waals surface area contributed by atoms with Crippen LogP contribution in [0.2, 0.25) is 0 Å². The summed E-state index contributed by atoms with van der Waals surface area (Å²) >= 11 is 0. The molecule has 1 amide bonds. The van der Waals surface area contributed by atoms with Gasteiger partial charge in [-0.3, -0.25) is 9.59 Å². The molecule has 1 aliphatic carbocycles. The molecule has 1 aliphatic heterocycles. The molecule has 0 radical (unpaired) electrons. The minimum atomic E-state index is -0.892. The minimum Gasteiger partial charge on any atom is -0.481 e. The van der Waals surface area contributed by atoms with Gasteiger partial charge in [0, 0.05) is 18.4 Å². The topological polar surface area (TPSA) is 57.6 Å². The normalized spacial score (nSPS) is 20.5. The summed E-state index contributed by atoms with van der Waals surface area (Å²) in [5, 5.41) is 11.5. The fraction of sp³-hybridized carbons (Fsp3) is 0.294. The second-order valence-electron chi connectivity index (χ2n) is 5.83. The van der Waals surface area contributed by atoms with Crippen LogP contribution in [0.3, 0.4) is 0 Å². The van der Waals surface area contributed by atoms with Crippen LogP contribution in [0.5, 0.6) is 0 Å². The molecule has 0 bridgehead atoms. The van der Waals surface area contributed by atoms with Gasteiger partial charge in [0.2, 0.25) is 5.91 Å². The van der Waals surface area contributed by atoms with E-state index in [4.69, 9.17) is 5.11 Å². The Morgan fingerprint density at radius 1 is 1.14 bits per heavy atom. The third kappa shape index (κ3) is 1.75. The maximum absolute atomic E-state index is 12.2. The van der Waals surface area contributed by atoms with Crippen molar-refractivity contribution in [2.45, 2.75) is 19.3 Å². The van der Waals surface area contributed by atoms with E-state index in [2.05, 4.69) is 12.1 Å². The van der Waals surface area contributed by atoms with Gasteiger partial charge in [-0.15, -0.1) is 0 Å². The molecule has 4 heteroatoms. The van der Waals surface area contributed by atoms with E-state index in [-0.39, 0.29) is 18.9 Å². The summed E-state index contributed by atoms with van der Waals surface area (Å²) in [6.07, 6.45) is 2.18. The number of amides is 1. The van der Waals surface area contributed by atoms with Gasteiger partial charge in [-0.25, -0.2) is 0 Å². The number of carbonyl (C=O) groups excluding carboxylic acids is 1. The van der Waals surface area contributed by atoms with Gasteiger partial charge in [0.25, 0.3) is 0 Å². The molecule has 1 unspecified atom stereocenters. The summed E-state index contributed by atoms with van der Waals surface area (Å²) in [5.41, 5.74) is 3.50. The number of aryl methyl sites for hydroxylation is 2. The standard InChI is InChI=1S/C17H15NO3/c19-15-8-12(17(20)21)9-18(15)14-7-6-11-5-4-10-2-1-3-13(14)16(10)11/h1-3,6-7,12H,4-5,8-9H2,(H,20,21). The minimum absolute atomic E-state index is 0.0955. The molecular formula is C17H15NO3. The highest BCUT2D eigenvalue weighted by Gasteiger charge is 2.36. The van der Waals surface area contributed by atoms with Crippen LogP contribution >= 0.6 is 0 Å². The van der Waals surface area contributed by atoms with E-state index in [0.717, 1.165) is 23.9 Å². The molecule has 1 atom stereocenters. The Morgan fingerprint density at radius 2 is 1.90 bits per heavy atom. The smallest absolute Gasteiger partial charge is 0.308 e. The van der Waals surface area contributed by atoms with E-state index in [1.165, 1.54) is 16.5 Å². The summed E-state index contributed by atoms with van der Waals surface area (Å²) in [4.78, 5) is 24.9. The SMILES string of the molecule is O=C(O)C1CC(=O)N(c2ccc3c4c(cccc24)CC3)C1. The Balaban J connectivity index is 1.85. The van der Waals surface area contributed by atoms with Crippen LogP contribution < -0.4 is 4.90 Å². The zero-order valence-corrected chi connectivity index (χ0v) is 11.5. The molecule has 1 heterocycles. The number of carboxylic acids is 1. The zero-order valence-electron chi connectivity index (χ0n) is 11.5. The Hall–Kier alpha value is -2.36. The van der Waals surface area contributed by atoms with Crippen molar-refractivity contribution in [2.24, 2.45) is 5.92 Å². The van der Waals surface area contributed by atoms with E-state index in [0.29, 0.717) is 0 Å². The maximum Gasteiger partial charge on any atom is 0.308 e. The van der Waals surface area contributed by atoms with Gasteiger partial charge < -0.3 is 10.0 Å². The third-order valence-corrected chi connectivity index (χ3v) is 4.62. The average molecular weight is 281 g/mol. The lowest BCUT2D eigenvalue weighted by atomic mass is 10.0. The van der Waals surface area contributed by atoms with E-state index in [1.807, 2.05) is 18.2 Å². The highest BCUT2D eigenvalue weighted by molar-refractivity contribution is 6.08.